The summed E-state index contributed by atoms with van der Waals surface area (Å²) in [7, 11) is -1.83. The molecule has 0 spiro atoms. The summed E-state index contributed by atoms with van der Waals surface area (Å²) >= 11 is 0. The summed E-state index contributed by atoms with van der Waals surface area (Å²) in [5.41, 5.74) is 0. The summed E-state index contributed by atoms with van der Waals surface area (Å²) in [6, 6.07) is -0.0750. The van der Waals surface area contributed by atoms with E-state index in [0.717, 1.165) is 6.42 Å². The summed E-state index contributed by atoms with van der Waals surface area (Å²) in [5.74, 6) is 0. The molecule has 1 aliphatic heterocycles. The van der Waals surface area contributed by atoms with Crippen molar-refractivity contribution in [3.63, 3.8) is 0 Å². The largest absolute Gasteiger partial charge is 0.395 e. The first kappa shape index (κ1) is 11.9. The van der Waals surface area contributed by atoms with E-state index in [1.165, 1.54) is 11.2 Å². The van der Waals surface area contributed by atoms with Gasteiger partial charge in [-0.05, 0) is 13.3 Å². The van der Waals surface area contributed by atoms with Crippen LogP contribution in [0.3, 0.4) is 0 Å². The van der Waals surface area contributed by atoms with E-state index in [-0.39, 0.29) is 12.6 Å². The molecule has 0 aromatic rings. The van der Waals surface area contributed by atoms with Gasteiger partial charge in [-0.3, -0.25) is 0 Å². The van der Waals surface area contributed by atoms with E-state index in [1.54, 1.807) is 7.05 Å². The molecule has 0 bridgehead atoms. The third-order valence-corrected chi connectivity index (χ3v) is 4.85. The van der Waals surface area contributed by atoms with Gasteiger partial charge in [0.05, 0.1) is 24.5 Å². The molecular formula is C8H17NO4S. The van der Waals surface area contributed by atoms with Gasteiger partial charge in [0.15, 0.2) is 0 Å². The first-order valence-corrected chi connectivity index (χ1v) is 6.16. The number of nitrogens with zero attached hydrogens (tertiary/aromatic N) is 1. The molecule has 0 amide bonds. The molecule has 1 rings (SSSR count). The van der Waals surface area contributed by atoms with E-state index >= 15 is 0 Å². The van der Waals surface area contributed by atoms with Gasteiger partial charge in [0.1, 0.15) is 0 Å². The Morgan fingerprint density at radius 1 is 1.64 bits per heavy atom. The van der Waals surface area contributed by atoms with Crippen LogP contribution in [0.5, 0.6) is 0 Å². The number of aliphatic hydroxyl groups is 1. The van der Waals surface area contributed by atoms with Gasteiger partial charge < -0.3 is 9.84 Å². The van der Waals surface area contributed by atoms with Gasteiger partial charge in [0.25, 0.3) is 0 Å². The van der Waals surface area contributed by atoms with Gasteiger partial charge in [-0.1, -0.05) is 0 Å². The normalized spacial score (nSPS) is 25.6. The Labute approximate surface area is 84.7 Å². The average Bonchev–Trinajstić information content (AvgIpc) is 2.67. The molecule has 2 unspecified atom stereocenters. The highest BCUT2D eigenvalue weighted by molar-refractivity contribution is 7.89. The van der Waals surface area contributed by atoms with Crippen LogP contribution in [-0.4, -0.2) is 56.0 Å². The van der Waals surface area contributed by atoms with E-state index in [9.17, 15) is 8.42 Å². The van der Waals surface area contributed by atoms with Crippen molar-refractivity contribution in [3.8, 4) is 0 Å². The Bertz CT molecular complexity index is 271. The Kier molecular flexibility index (Phi) is 3.88. The van der Waals surface area contributed by atoms with Crippen molar-refractivity contribution in [3.05, 3.63) is 0 Å². The van der Waals surface area contributed by atoms with E-state index < -0.39 is 15.3 Å². The van der Waals surface area contributed by atoms with Crippen LogP contribution < -0.4 is 0 Å². The van der Waals surface area contributed by atoms with Gasteiger partial charge in [-0.25, -0.2) is 8.42 Å². The van der Waals surface area contributed by atoms with E-state index in [2.05, 4.69) is 0 Å². The summed E-state index contributed by atoms with van der Waals surface area (Å²) in [4.78, 5) is 0. The van der Waals surface area contributed by atoms with Gasteiger partial charge in [0.2, 0.25) is 10.0 Å². The minimum absolute atomic E-state index is 0.0750. The standard InChI is InChI=1S/C8H17NO4S/c1-7(5-10)14(11,12)9(2)8-3-4-13-6-8/h7-8,10H,3-6H2,1-2H3. The van der Waals surface area contributed by atoms with Crippen molar-refractivity contribution < 1.29 is 18.3 Å². The summed E-state index contributed by atoms with van der Waals surface area (Å²) in [6.45, 7) is 2.22. The lowest BCUT2D eigenvalue weighted by atomic mass is 10.3. The lowest BCUT2D eigenvalue weighted by Crippen LogP contribution is -2.43. The molecule has 6 heteroatoms. The first-order chi connectivity index (χ1) is 6.50. The van der Waals surface area contributed by atoms with Crippen molar-refractivity contribution in [2.24, 2.45) is 0 Å². The minimum Gasteiger partial charge on any atom is -0.395 e. The molecule has 2 atom stereocenters. The molecule has 1 heterocycles. The molecule has 0 aromatic heterocycles. The fourth-order valence-corrected chi connectivity index (χ4v) is 2.73. The van der Waals surface area contributed by atoms with E-state index in [4.69, 9.17) is 9.84 Å². The van der Waals surface area contributed by atoms with Crippen molar-refractivity contribution in [1.29, 1.82) is 0 Å². The zero-order valence-corrected chi connectivity index (χ0v) is 9.33. The summed E-state index contributed by atoms with van der Waals surface area (Å²) in [5, 5.41) is 8.08. The van der Waals surface area contributed by atoms with Gasteiger partial charge in [0, 0.05) is 13.7 Å². The second-order valence-corrected chi connectivity index (χ2v) is 5.98. The molecule has 14 heavy (non-hydrogen) atoms. The number of aliphatic hydroxyl groups excluding tert-OH is 1. The molecule has 0 aromatic carbocycles. The third-order valence-electron chi connectivity index (χ3n) is 2.59. The van der Waals surface area contributed by atoms with Crippen LogP contribution in [0.1, 0.15) is 13.3 Å². The van der Waals surface area contributed by atoms with Crippen LogP contribution in [-0.2, 0) is 14.8 Å². The SMILES string of the molecule is CC(CO)S(=O)(=O)N(C)C1CCOC1. The van der Waals surface area contributed by atoms with Crippen LogP contribution in [0.15, 0.2) is 0 Å². The van der Waals surface area contributed by atoms with Crippen LogP contribution in [0.25, 0.3) is 0 Å². The topological polar surface area (TPSA) is 66.8 Å². The smallest absolute Gasteiger partial charge is 0.219 e. The number of rotatable bonds is 4. The van der Waals surface area contributed by atoms with Crippen molar-refractivity contribution in [2.75, 3.05) is 26.9 Å². The van der Waals surface area contributed by atoms with Crippen LogP contribution >= 0.6 is 0 Å². The Hall–Kier alpha value is -0.170. The average molecular weight is 223 g/mol. The van der Waals surface area contributed by atoms with Crippen LogP contribution in [0.4, 0.5) is 0 Å². The Morgan fingerprint density at radius 3 is 2.71 bits per heavy atom. The number of likely N-dealkylation sites (N-methyl/N-ethyl adjacent to an activating group) is 1. The second-order valence-electron chi connectivity index (χ2n) is 3.57. The molecule has 0 radical (unpaired) electrons. The number of ether oxygens (including phenoxy) is 1. The maximum atomic E-state index is 11.8. The molecule has 84 valence electrons. The van der Waals surface area contributed by atoms with E-state index in [0.29, 0.717) is 13.2 Å². The van der Waals surface area contributed by atoms with Crippen LogP contribution in [0.2, 0.25) is 0 Å². The first-order valence-electron chi connectivity index (χ1n) is 4.65. The number of sulfonamides is 1. The summed E-state index contributed by atoms with van der Waals surface area (Å²) < 4.78 is 30.0. The molecule has 0 saturated carbocycles. The second kappa shape index (κ2) is 4.57. The van der Waals surface area contributed by atoms with Crippen molar-refractivity contribution >= 4 is 10.0 Å². The highest BCUT2D eigenvalue weighted by atomic mass is 32.2. The van der Waals surface area contributed by atoms with E-state index in [1.807, 2.05) is 0 Å². The zero-order chi connectivity index (χ0) is 10.8. The quantitative estimate of drug-likeness (QED) is 0.692. The fraction of sp³-hybridized carbons (Fsp3) is 1.00. The molecule has 5 nitrogen and oxygen atoms in total. The lowest BCUT2D eigenvalue weighted by Gasteiger charge is -2.25. The van der Waals surface area contributed by atoms with Crippen molar-refractivity contribution in [1.82, 2.24) is 4.31 Å². The summed E-state index contributed by atoms with van der Waals surface area (Å²) in [6.07, 6.45) is 0.730. The predicted octanol–water partition coefficient (Wildman–Crippen LogP) is -0.582. The number of hydrogen-bond donors (Lipinski definition) is 1. The predicted molar refractivity (Wildman–Crippen MR) is 52.5 cm³/mol. The molecule has 1 aliphatic rings. The lowest BCUT2D eigenvalue weighted by molar-refractivity contribution is 0.180. The zero-order valence-electron chi connectivity index (χ0n) is 8.51. The van der Waals surface area contributed by atoms with Gasteiger partial charge in [-0.2, -0.15) is 4.31 Å². The van der Waals surface area contributed by atoms with Gasteiger partial charge in [-0.15, -0.1) is 0 Å². The molecular weight excluding hydrogens is 206 g/mol. The molecule has 1 saturated heterocycles. The molecule has 1 fully saturated rings. The highest BCUT2D eigenvalue weighted by Crippen LogP contribution is 2.17. The highest BCUT2D eigenvalue weighted by Gasteiger charge is 2.32. The minimum atomic E-state index is -3.37. The van der Waals surface area contributed by atoms with Crippen LogP contribution in [0, 0.1) is 0 Å². The monoisotopic (exact) mass is 223 g/mol. The molecule has 0 aliphatic carbocycles. The maximum absolute atomic E-state index is 11.8. The van der Waals surface area contributed by atoms with Gasteiger partial charge >= 0.3 is 0 Å². The Morgan fingerprint density at radius 2 is 2.29 bits per heavy atom. The molecule has 1 N–H and O–H groups in total. The van der Waals surface area contributed by atoms with Crippen molar-refractivity contribution in [2.45, 2.75) is 24.6 Å². The maximum Gasteiger partial charge on any atom is 0.219 e. The number of hydrogen-bond acceptors (Lipinski definition) is 4. The third kappa shape index (κ3) is 2.25. The fourth-order valence-electron chi connectivity index (χ4n) is 1.39. The Balaban J connectivity index is 2.71.